The smallest absolute Gasteiger partial charge is 0.269 e. The lowest BCUT2D eigenvalue weighted by atomic mass is 10.1. The molecule has 3 N–H and O–H groups in total. The van der Waals surface area contributed by atoms with Gasteiger partial charge in [0.1, 0.15) is 0 Å². The van der Waals surface area contributed by atoms with Gasteiger partial charge in [-0.2, -0.15) is 0 Å². The van der Waals surface area contributed by atoms with Gasteiger partial charge in [-0.15, -0.1) is 0 Å². The second kappa shape index (κ2) is 9.51. The van der Waals surface area contributed by atoms with E-state index in [1.54, 1.807) is 36.4 Å². The van der Waals surface area contributed by atoms with Crippen LogP contribution in [0.5, 0.6) is 0 Å². The Bertz CT molecular complexity index is 1150. The summed E-state index contributed by atoms with van der Waals surface area (Å²) in [4.78, 5) is 46.8. The summed E-state index contributed by atoms with van der Waals surface area (Å²) in [6.45, 7) is 0. The van der Waals surface area contributed by atoms with Gasteiger partial charge in [0, 0.05) is 39.5 Å². The number of halogens is 1. The van der Waals surface area contributed by atoms with Gasteiger partial charge in [0.05, 0.1) is 4.92 Å². The molecular weight excluding hydrogens is 424 g/mol. The minimum Gasteiger partial charge on any atom is -0.322 e. The van der Waals surface area contributed by atoms with Gasteiger partial charge in [-0.1, -0.05) is 17.7 Å². The maximum atomic E-state index is 12.3. The summed E-state index contributed by atoms with van der Waals surface area (Å²) in [6.07, 6.45) is 0. The van der Waals surface area contributed by atoms with Crippen molar-refractivity contribution in [2.45, 2.75) is 0 Å². The summed E-state index contributed by atoms with van der Waals surface area (Å²) < 4.78 is 0. The van der Waals surface area contributed by atoms with Crippen molar-refractivity contribution in [1.82, 2.24) is 10.9 Å². The van der Waals surface area contributed by atoms with Crippen LogP contribution in [-0.4, -0.2) is 22.6 Å². The van der Waals surface area contributed by atoms with Crippen LogP contribution >= 0.6 is 11.6 Å². The average molecular weight is 439 g/mol. The number of hydrogen-bond donors (Lipinski definition) is 3. The molecule has 0 bridgehead atoms. The number of nitro groups is 1. The molecule has 31 heavy (non-hydrogen) atoms. The molecule has 9 nitrogen and oxygen atoms in total. The van der Waals surface area contributed by atoms with Gasteiger partial charge >= 0.3 is 0 Å². The van der Waals surface area contributed by atoms with Crippen LogP contribution < -0.4 is 16.2 Å². The molecule has 3 amide bonds. The van der Waals surface area contributed by atoms with Gasteiger partial charge in [-0.25, -0.2) is 0 Å². The van der Waals surface area contributed by atoms with Gasteiger partial charge < -0.3 is 5.32 Å². The highest BCUT2D eigenvalue weighted by Crippen LogP contribution is 2.15. The number of nitrogens with zero attached hydrogens (tertiary/aromatic N) is 1. The summed E-state index contributed by atoms with van der Waals surface area (Å²) in [7, 11) is 0. The molecule has 3 rings (SSSR count). The fraction of sp³-hybridized carbons (Fsp3) is 0. The molecule has 0 aliphatic rings. The third-order valence-electron chi connectivity index (χ3n) is 4.12. The summed E-state index contributed by atoms with van der Waals surface area (Å²) in [6, 6.07) is 17.4. The van der Waals surface area contributed by atoms with Gasteiger partial charge in [0.25, 0.3) is 23.4 Å². The molecule has 0 fully saturated rings. The standard InChI is InChI=1S/C21H15ClN4O5/c22-16-8-4-13(5-9-16)19(27)23-17-3-1-2-15(12-17)21(29)25-24-20(28)14-6-10-18(11-7-14)26(30)31/h1-12H,(H,23,27)(H,24,28)(H,25,29). The highest BCUT2D eigenvalue weighted by molar-refractivity contribution is 6.30. The lowest BCUT2D eigenvalue weighted by Gasteiger charge is -2.09. The van der Waals surface area contributed by atoms with Crippen molar-refractivity contribution in [3.05, 3.63) is 105 Å². The predicted octanol–water partition coefficient (Wildman–Crippen LogP) is 3.58. The summed E-state index contributed by atoms with van der Waals surface area (Å²) >= 11 is 5.81. The number of amides is 3. The molecule has 0 saturated carbocycles. The lowest BCUT2D eigenvalue weighted by molar-refractivity contribution is -0.384. The molecule has 0 aliphatic carbocycles. The Kier molecular flexibility index (Phi) is 6.58. The average Bonchev–Trinajstić information content (AvgIpc) is 2.77. The molecule has 0 atom stereocenters. The van der Waals surface area contributed by atoms with E-state index in [1.165, 1.54) is 36.4 Å². The molecule has 156 valence electrons. The minimum absolute atomic E-state index is 0.134. The van der Waals surface area contributed by atoms with Crippen LogP contribution in [0.4, 0.5) is 11.4 Å². The van der Waals surface area contributed by atoms with Crippen molar-refractivity contribution in [2.75, 3.05) is 5.32 Å². The van der Waals surface area contributed by atoms with E-state index in [0.717, 1.165) is 0 Å². The van der Waals surface area contributed by atoms with E-state index in [0.29, 0.717) is 16.3 Å². The molecule has 3 aromatic carbocycles. The molecule has 0 unspecified atom stereocenters. The number of nitro benzene ring substituents is 1. The number of benzene rings is 3. The summed E-state index contributed by atoms with van der Waals surface area (Å²) in [5.74, 6) is -1.63. The Morgan fingerprint density at radius 3 is 1.90 bits per heavy atom. The number of hydrogen-bond acceptors (Lipinski definition) is 5. The van der Waals surface area contributed by atoms with Crippen LogP contribution in [0.2, 0.25) is 5.02 Å². The number of rotatable bonds is 5. The number of nitrogens with one attached hydrogen (secondary N) is 3. The van der Waals surface area contributed by atoms with Crippen molar-refractivity contribution in [1.29, 1.82) is 0 Å². The van der Waals surface area contributed by atoms with Crippen molar-refractivity contribution in [2.24, 2.45) is 0 Å². The SMILES string of the molecule is O=C(NNC(=O)c1cccc(NC(=O)c2ccc(Cl)cc2)c1)c1ccc([N+](=O)[O-])cc1. The minimum atomic E-state index is -0.643. The number of hydrazine groups is 1. The van der Waals surface area contributed by atoms with Crippen LogP contribution in [0, 0.1) is 10.1 Å². The zero-order valence-electron chi connectivity index (χ0n) is 15.8. The van der Waals surface area contributed by atoms with Crippen molar-refractivity contribution in [3.8, 4) is 0 Å². The quantitative estimate of drug-likeness (QED) is 0.414. The van der Waals surface area contributed by atoms with E-state index >= 15 is 0 Å². The normalized spacial score (nSPS) is 10.1. The van der Waals surface area contributed by atoms with Gasteiger partial charge in [0.15, 0.2) is 0 Å². The number of carbonyl (C=O) groups excluding carboxylic acids is 3. The Morgan fingerprint density at radius 2 is 1.29 bits per heavy atom. The first-order valence-corrected chi connectivity index (χ1v) is 9.23. The first kappa shape index (κ1) is 21.5. The van der Waals surface area contributed by atoms with Crippen LogP contribution in [0.25, 0.3) is 0 Å². The van der Waals surface area contributed by atoms with Crippen LogP contribution in [0.15, 0.2) is 72.8 Å². The number of non-ortho nitro benzene ring substituents is 1. The Hall–Kier alpha value is -4.24. The van der Waals surface area contributed by atoms with E-state index < -0.39 is 16.7 Å². The predicted molar refractivity (Wildman–Crippen MR) is 114 cm³/mol. The first-order chi connectivity index (χ1) is 14.8. The molecule has 0 spiro atoms. The van der Waals surface area contributed by atoms with Gasteiger partial charge in [-0.05, 0) is 54.6 Å². The topological polar surface area (TPSA) is 130 Å². The zero-order valence-corrected chi connectivity index (χ0v) is 16.6. The Morgan fingerprint density at radius 1 is 0.742 bits per heavy atom. The van der Waals surface area contributed by atoms with E-state index in [2.05, 4.69) is 16.2 Å². The second-order valence-electron chi connectivity index (χ2n) is 6.25. The first-order valence-electron chi connectivity index (χ1n) is 8.85. The molecule has 0 heterocycles. The largest absolute Gasteiger partial charge is 0.322 e. The number of anilines is 1. The Balaban J connectivity index is 1.60. The highest BCUT2D eigenvalue weighted by Gasteiger charge is 2.12. The van der Waals surface area contributed by atoms with Crippen molar-refractivity contribution >= 4 is 40.7 Å². The summed E-state index contributed by atoms with van der Waals surface area (Å²) in [5, 5.41) is 13.8. The maximum Gasteiger partial charge on any atom is 0.269 e. The second-order valence-corrected chi connectivity index (χ2v) is 6.69. The molecule has 0 aliphatic heterocycles. The molecule has 10 heteroatoms. The molecule has 3 aromatic rings. The maximum absolute atomic E-state index is 12.3. The zero-order chi connectivity index (χ0) is 22.4. The Labute approximate surface area is 181 Å². The third-order valence-corrected chi connectivity index (χ3v) is 4.37. The van der Waals surface area contributed by atoms with E-state index in [1.807, 2.05) is 0 Å². The lowest BCUT2D eigenvalue weighted by Crippen LogP contribution is -2.41. The highest BCUT2D eigenvalue weighted by atomic mass is 35.5. The summed E-state index contributed by atoms with van der Waals surface area (Å²) in [5.41, 5.74) is 5.44. The van der Waals surface area contributed by atoms with Crippen LogP contribution in [0.3, 0.4) is 0 Å². The molecule has 0 aromatic heterocycles. The third kappa shape index (κ3) is 5.64. The fourth-order valence-corrected chi connectivity index (χ4v) is 2.66. The van der Waals surface area contributed by atoms with Gasteiger partial charge in [0.2, 0.25) is 0 Å². The monoisotopic (exact) mass is 438 g/mol. The fourth-order valence-electron chi connectivity index (χ4n) is 2.54. The van der Waals surface area contributed by atoms with Gasteiger partial charge in [-0.3, -0.25) is 35.3 Å². The van der Waals surface area contributed by atoms with E-state index in [-0.39, 0.29) is 22.7 Å². The van der Waals surface area contributed by atoms with Crippen LogP contribution in [-0.2, 0) is 0 Å². The van der Waals surface area contributed by atoms with Crippen LogP contribution in [0.1, 0.15) is 31.1 Å². The molecule has 0 saturated heterocycles. The van der Waals surface area contributed by atoms with Crippen molar-refractivity contribution in [3.63, 3.8) is 0 Å². The number of carbonyl (C=O) groups is 3. The van der Waals surface area contributed by atoms with E-state index in [9.17, 15) is 24.5 Å². The molecule has 0 radical (unpaired) electrons. The van der Waals surface area contributed by atoms with E-state index in [4.69, 9.17) is 11.6 Å². The van der Waals surface area contributed by atoms with Crippen molar-refractivity contribution < 1.29 is 19.3 Å². The molecular formula is C21H15ClN4O5.